The molecule has 0 bridgehead atoms. The summed E-state index contributed by atoms with van der Waals surface area (Å²) in [4.78, 5) is 6.21. The van der Waals surface area contributed by atoms with Gasteiger partial charge in [-0.15, -0.1) is 0 Å². The largest absolute Gasteiger partial charge is 0.324 e. The molecule has 1 unspecified atom stereocenters. The van der Waals surface area contributed by atoms with E-state index in [1.807, 2.05) is 36.9 Å². The van der Waals surface area contributed by atoms with E-state index in [1.165, 1.54) is 6.07 Å². The van der Waals surface area contributed by atoms with Gasteiger partial charge in [-0.3, -0.25) is 0 Å². The van der Waals surface area contributed by atoms with Crippen molar-refractivity contribution in [2.45, 2.75) is 19.9 Å². The first-order valence-corrected chi connectivity index (χ1v) is 6.37. The SMILES string of the molecule is CCN(c1ccccc1F)c1ncccc1C(C)N. The number of nitrogens with two attached hydrogens (primary N) is 1. The van der Waals surface area contributed by atoms with Crippen molar-refractivity contribution in [1.82, 2.24) is 4.98 Å². The number of nitrogens with zero attached hydrogens (tertiary/aromatic N) is 2. The number of aromatic nitrogens is 1. The van der Waals surface area contributed by atoms with Crippen LogP contribution < -0.4 is 10.6 Å². The van der Waals surface area contributed by atoms with Gasteiger partial charge in [-0.25, -0.2) is 9.37 Å². The highest BCUT2D eigenvalue weighted by molar-refractivity contribution is 5.63. The van der Waals surface area contributed by atoms with Crippen LogP contribution in [0.4, 0.5) is 15.9 Å². The molecule has 0 aliphatic heterocycles. The maximum Gasteiger partial charge on any atom is 0.146 e. The molecular formula is C15H18FN3. The second-order valence-corrected chi connectivity index (χ2v) is 4.40. The third kappa shape index (κ3) is 2.74. The Kier molecular flexibility index (Phi) is 4.12. The van der Waals surface area contributed by atoms with Gasteiger partial charge in [0.2, 0.25) is 0 Å². The van der Waals surface area contributed by atoms with Gasteiger partial charge < -0.3 is 10.6 Å². The monoisotopic (exact) mass is 259 g/mol. The Morgan fingerprint density at radius 3 is 2.63 bits per heavy atom. The molecule has 0 aliphatic rings. The van der Waals surface area contributed by atoms with E-state index in [0.717, 1.165) is 5.56 Å². The number of rotatable bonds is 4. The highest BCUT2D eigenvalue weighted by Crippen LogP contribution is 2.30. The summed E-state index contributed by atoms with van der Waals surface area (Å²) in [7, 11) is 0. The number of hydrogen-bond donors (Lipinski definition) is 1. The molecule has 4 heteroatoms. The predicted molar refractivity (Wildman–Crippen MR) is 75.9 cm³/mol. The van der Waals surface area contributed by atoms with E-state index in [2.05, 4.69) is 4.98 Å². The fraction of sp³-hybridized carbons (Fsp3) is 0.267. The second-order valence-electron chi connectivity index (χ2n) is 4.40. The molecule has 1 aromatic carbocycles. The minimum Gasteiger partial charge on any atom is -0.324 e. The normalized spacial score (nSPS) is 12.2. The first-order chi connectivity index (χ1) is 9.15. The predicted octanol–water partition coefficient (Wildman–Crippen LogP) is 3.40. The maximum atomic E-state index is 13.9. The number of para-hydroxylation sites is 1. The molecule has 0 fully saturated rings. The molecule has 0 spiro atoms. The van der Waals surface area contributed by atoms with Crippen molar-refractivity contribution in [2.75, 3.05) is 11.4 Å². The Hall–Kier alpha value is -1.94. The van der Waals surface area contributed by atoms with Crippen molar-refractivity contribution in [3.63, 3.8) is 0 Å². The Labute approximate surface area is 112 Å². The van der Waals surface area contributed by atoms with Crippen LogP contribution in [0.2, 0.25) is 0 Å². The summed E-state index contributed by atoms with van der Waals surface area (Å²) in [5.41, 5.74) is 7.39. The van der Waals surface area contributed by atoms with Crippen LogP contribution >= 0.6 is 0 Å². The van der Waals surface area contributed by atoms with Crippen LogP contribution in [0.3, 0.4) is 0 Å². The minimum absolute atomic E-state index is 0.149. The standard InChI is InChI=1S/C15H18FN3/c1-3-19(14-9-5-4-8-13(14)16)15-12(11(2)17)7-6-10-18-15/h4-11H,3,17H2,1-2H3. The molecule has 0 saturated heterocycles. The fourth-order valence-electron chi connectivity index (χ4n) is 2.10. The van der Waals surface area contributed by atoms with E-state index in [1.54, 1.807) is 18.3 Å². The van der Waals surface area contributed by atoms with Crippen LogP contribution in [-0.4, -0.2) is 11.5 Å². The lowest BCUT2D eigenvalue weighted by Crippen LogP contribution is -2.22. The quantitative estimate of drug-likeness (QED) is 0.915. The van der Waals surface area contributed by atoms with Gasteiger partial charge in [0, 0.05) is 24.3 Å². The number of hydrogen-bond acceptors (Lipinski definition) is 3. The Bertz CT molecular complexity index is 555. The smallest absolute Gasteiger partial charge is 0.146 e. The zero-order valence-corrected chi connectivity index (χ0v) is 11.2. The zero-order valence-electron chi connectivity index (χ0n) is 11.2. The van der Waals surface area contributed by atoms with E-state index in [9.17, 15) is 4.39 Å². The first-order valence-electron chi connectivity index (χ1n) is 6.37. The lowest BCUT2D eigenvalue weighted by molar-refractivity contribution is 0.624. The van der Waals surface area contributed by atoms with Crippen molar-refractivity contribution in [2.24, 2.45) is 5.73 Å². The van der Waals surface area contributed by atoms with E-state index in [-0.39, 0.29) is 11.9 Å². The molecule has 1 atom stereocenters. The zero-order chi connectivity index (χ0) is 13.8. The minimum atomic E-state index is -0.259. The third-order valence-corrected chi connectivity index (χ3v) is 3.02. The van der Waals surface area contributed by atoms with Gasteiger partial charge in [-0.05, 0) is 32.0 Å². The molecule has 2 N–H and O–H groups in total. The van der Waals surface area contributed by atoms with Gasteiger partial charge in [-0.2, -0.15) is 0 Å². The van der Waals surface area contributed by atoms with Crippen molar-refractivity contribution in [1.29, 1.82) is 0 Å². The molecule has 1 heterocycles. The maximum absolute atomic E-state index is 13.9. The van der Waals surface area contributed by atoms with Crippen molar-refractivity contribution < 1.29 is 4.39 Å². The second kappa shape index (κ2) is 5.80. The van der Waals surface area contributed by atoms with Gasteiger partial charge in [0.25, 0.3) is 0 Å². The van der Waals surface area contributed by atoms with Crippen LogP contribution in [0.15, 0.2) is 42.6 Å². The van der Waals surface area contributed by atoms with Gasteiger partial charge in [0.15, 0.2) is 0 Å². The molecule has 2 aromatic rings. The van der Waals surface area contributed by atoms with Crippen molar-refractivity contribution in [3.8, 4) is 0 Å². The van der Waals surface area contributed by atoms with Crippen LogP contribution in [0, 0.1) is 5.82 Å². The molecule has 0 aliphatic carbocycles. The summed E-state index contributed by atoms with van der Waals surface area (Å²) in [6, 6.07) is 10.3. The average molecular weight is 259 g/mol. The van der Waals surface area contributed by atoms with Gasteiger partial charge in [0.1, 0.15) is 11.6 Å². The lowest BCUT2D eigenvalue weighted by atomic mass is 10.1. The highest BCUT2D eigenvalue weighted by Gasteiger charge is 2.17. The van der Waals surface area contributed by atoms with Gasteiger partial charge in [0.05, 0.1) is 5.69 Å². The summed E-state index contributed by atoms with van der Waals surface area (Å²) in [5, 5.41) is 0. The molecule has 1 aromatic heterocycles. The van der Waals surface area contributed by atoms with Gasteiger partial charge >= 0.3 is 0 Å². The molecule has 3 nitrogen and oxygen atoms in total. The van der Waals surface area contributed by atoms with Crippen LogP contribution in [0.25, 0.3) is 0 Å². The number of pyridine rings is 1. The summed E-state index contributed by atoms with van der Waals surface area (Å²) in [6.07, 6.45) is 1.70. The van der Waals surface area contributed by atoms with Crippen LogP contribution in [-0.2, 0) is 0 Å². The topological polar surface area (TPSA) is 42.2 Å². The summed E-state index contributed by atoms with van der Waals surface area (Å²) < 4.78 is 13.9. The van der Waals surface area contributed by atoms with Crippen LogP contribution in [0.1, 0.15) is 25.5 Å². The van der Waals surface area contributed by atoms with E-state index in [4.69, 9.17) is 5.73 Å². The van der Waals surface area contributed by atoms with Crippen molar-refractivity contribution in [3.05, 3.63) is 54.0 Å². The van der Waals surface area contributed by atoms with Crippen molar-refractivity contribution >= 4 is 11.5 Å². The van der Waals surface area contributed by atoms with E-state index < -0.39 is 0 Å². The molecule has 19 heavy (non-hydrogen) atoms. The summed E-state index contributed by atoms with van der Waals surface area (Å²) >= 11 is 0. The van der Waals surface area contributed by atoms with E-state index >= 15 is 0 Å². The number of halogens is 1. The van der Waals surface area contributed by atoms with Gasteiger partial charge in [-0.1, -0.05) is 18.2 Å². The summed E-state index contributed by atoms with van der Waals surface area (Å²) in [5.74, 6) is 0.454. The lowest BCUT2D eigenvalue weighted by Gasteiger charge is -2.25. The Morgan fingerprint density at radius 2 is 2.00 bits per heavy atom. The summed E-state index contributed by atoms with van der Waals surface area (Å²) in [6.45, 7) is 4.49. The molecular weight excluding hydrogens is 241 g/mol. The van der Waals surface area contributed by atoms with E-state index in [0.29, 0.717) is 18.1 Å². The third-order valence-electron chi connectivity index (χ3n) is 3.02. The van der Waals surface area contributed by atoms with Crippen LogP contribution in [0.5, 0.6) is 0 Å². The fourth-order valence-corrected chi connectivity index (χ4v) is 2.10. The molecule has 0 radical (unpaired) electrons. The number of anilines is 2. The average Bonchev–Trinajstić information content (AvgIpc) is 2.42. The molecule has 100 valence electrons. The first kappa shape index (κ1) is 13.5. The Balaban J connectivity index is 2.52. The molecule has 2 rings (SSSR count). The highest BCUT2D eigenvalue weighted by atomic mass is 19.1. The Morgan fingerprint density at radius 1 is 1.26 bits per heavy atom. The number of benzene rings is 1. The molecule has 0 amide bonds. The molecule has 0 saturated carbocycles.